The van der Waals surface area contributed by atoms with Gasteiger partial charge in [-0.3, -0.25) is 14.6 Å². The predicted octanol–water partition coefficient (Wildman–Crippen LogP) is 1.78. The van der Waals surface area contributed by atoms with Gasteiger partial charge in [-0.05, 0) is 36.8 Å². The van der Waals surface area contributed by atoms with Crippen molar-refractivity contribution in [1.29, 1.82) is 0 Å². The fourth-order valence-electron chi connectivity index (χ4n) is 2.58. The predicted molar refractivity (Wildman–Crippen MR) is 106 cm³/mol. The standard InChI is InChI=1S/C18H17N3O5S2/c1-10-3-5-13-15(7-10)27-18(21-17(13)23)14-9-12(28(2,24)25)8-11(20-14)4-6-16(22)26-19/h3,5,7-9H,4,6,19H2,1-2H3. The molecule has 0 saturated heterocycles. The van der Waals surface area contributed by atoms with Gasteiger partial charge in [0.1, 0.15) is 10.7 Å². The number of hydrogen-bond acceptors (Lipinski definition) is 9. The zero-order chi connectivity index (χ0) is 20.5. The van der Waals surface area contributed by atoms with E-state index >= 15 is 0 Å². The number of pyridine rings is 1. The number of carbonyl (C=O) groups excluding carboxylic acids is 1. The summed E-state index contributed by atoms with van der Waals surface area (Å²) in [4.78, 5) is 36.3. The van der Waals surface area contributed by atoms with E-state index in [4.69, 9.17) is 5.90 Å². The lowest BCUT2D eigenvalue weighted by atomic mass is 10.2. The highest BCUT2D eigenvalue weighted by Gasteiger charge is 2.16. The van der Waals surface area contributed by atoms with E-state index in [0.29, 0.717) is 16.1 Å². The Kier molecular flexibility index (Phi) is 5.54. The average molecular weight is 419 g/mol. The topological polar surface area (TPSA) is 129 Å². The quantitative estimate of drug-likeness (QED) is 0.620. The third-order valence-electron chi connectivity index (χ3n) is 3.99. The molecule has 0 atom stereocenters. The van der Waals surface area contributed by atoms with Crippen molar-refractivity contribution < 1.29 is 18.0 Å². The van der Waals surface area contributed by atoms with Crippen molar-refractivity contribution in [3.8, 4) is 10.7 Å². The summed E-state index contributed by atoms with van der Waals surface area (Å²) >= 11 is 1.25. The summed E-state index contributed by atoms with van der Waals surface area (Å²) in [6.07, 6.45) is 1.15. The van der Waals surface area contributed by atoms with Crippen LogP contribution in [-0.2, 0) is 25.9 Å². The molecule has 0 unspecified atom stereocenters. The van der Waals surface area contributed by atoms with Gasteiger partial charge in [-0.1, -0.05) is 6.07 Å². The Bertz CT molecular complexity index is 1240. The van der Waals surface area contributed by atoms with Gasteiger partial charge in [-0.15, -0.1) is 11.3 Å². The SMILES string of the molecule is Cc1ccc2c(=O)nc(-c3cc(S(C)(=O)=O)cc(CCC(=O)ON)n3)sc2c1. The molecule has 3 aromatic rings. The van der Waals surface area contributed by atoms with Crippen molar-refractivity contribution in [2.45, 2.75) is 24.7 Å². The van der Waals surface area contributed by atoms with Crippen LogP contribution in [0.3, 0.4) is 0 Å². The van der Waals surface area contributed by atoms with Crippen LogP contribution in [0.5, 0.6) is 0 Å². The molecule has 0 aliphatic heterocycles. The molecule has 3 rings (SSSR count). The maximum absolute atomic E-state index is 12.4. The van der Waals surface area contributed by atoms with Crippen molar-refractivity contribution >= 4 is 37.2 Å². The molecule has 28 heavy (non-hydrogen) atoms. The molecule has 0 spiro atoms. The number of nitrogens with zero attached hydrogens (tertiary/aromatic N) is 2. The minimum Gasteiger partial charge on any atom is -0.373 e. The molecule has 2 heterocycles. The van der Waals surface area contributed by atoms with Gasteiger partial charge in [0.05, 0.1) is 16.7 Å². The maximum Gasteiger partial charge on any atom is 0.324 e. The number of benzene rings is 1. The van der Waals surface area contributed by atoms with E-state index in [1.54, 1.807) is 6.07 Å². The van der Waals surface area contributed by atoms with E-state index in [2.05, 4.69) is 14.8 Å². The fourth-order valence-corrected chi connectivity index (χ4v) is 4.31. The van der Waals surface area contributed by atoms with Crippen molar-refractivity contribution in [3.05, 3.63) is 51.9 Å². The molecule has 0 aliphatic rings. The Hall–Kier alpha value is -2.69. The summed E-state index contributed by atoms with van der Waals surface area (Å²) in [6, 6.07) is 8.17. The molecule has 0 fully saturated rings. The Labute approximate surface area is 164 Å². The minimum atomic E-state index is -3.54. The first-order chi connectivity index (χ1) is 13.2. The van der Waals surface area contributed by atoms with E-state index < -0.39 is 21.4 Å². The molecular weight excluding hydrogens is 402 g/mol. The van der Waals surface area contributed by atoms with Gasteiger partial charge in [0, 0.05) is 23.1 Å². The third-order valence-corrected chi connectivity index (χ3v) is 6.14. The van der Waals surface area contributed by atoms with Gasteiger partial charge in [-0.25, -0.2) is 8.42 Å². The van der Waals surface area contributed by atoms with Crippen LogP contribution in [0.1, 0.15) is 17.7 Å². The summed E-state index contributed by atoms with van der Waals surface area (Å²) in [6.45, 7) is 1.91. The Balaban J connectivity index is 2.16. The van der Waals surface area contributed by atoms with Gasteiger partial charge >= 0.3 is 5.97 Å². The van der Waals surface area contributed by atoms with Gasteiger partial charge in [0.25, 0.3) is 5.56 Å². The molecule has 8 nitrogen and oxygen atoms in total. The second kappa shape index (κ2) is 7.74. The van der Waals surface area contributed by atoms with Crippen LogP contribution in [0.15, 0.2) is 40.0 Å². The van der Waals surface area contributed by atoms with Crippen LogP contribution < -0.4 is 11.5 Å². The number of sulfone groups is 1. The van der Waals surface area contributed by atoms with Crippen molar-refractivity contribution in [1.82, 2.24) is 9.97 Å². The number of hydrogen-bond donors (Lipinski definition) is 1. The number of aryl methyl sites for hydroxylation is 2. The Morgan fingerprint density at radius 1 is 1.21 bits per heavy atom. The third kappa shape index (κ3) is 4.41. The lowest BCUT2D eigenvalue weighted by Crippen LogP contribution is -2.12. The molecule has 2 N–H and O–H groups in total. The number of rotatable bonds is 5. The minimum absolute atomic E-state index is 0.0272. The van der Waals surface area contributed by atoms with Crippen LogP contribution in [0.2, 0.25) is 0 Å². The number of nitrogens with two attached hydrogens (primary N) is 1. The summed E-state index contributed by atoms with van der Waals surface area (Å²) in [5.74, 6) is 4.19. The van der Waals surface area contributed by atoms with Gasteiger partial charge in [0.2, 0.25) is 0 Å². The van der Waals surface area contributed by atoms with Crippen LogP contribution in [0, 0.1) is 6.92 Å². The molecule has 0 saturated carbocycles. The molecule has 1 aromatic carbocycles. The molecule has 10 heteroatoms. The Morgan fingerprint density at radius 2 is 1.96 bits per heavy atom. The van der Waals surface area contributed by atoms with Crippen molar-refractivity contribution in [3.63, 3.8) is 0 Å². The monoisotopic (exact) mass is 419 g/mol. The van der Waals surface area contributed by atoms with E-state index in [0.717, 1.165) is 16.5 Å². The van der Waals surface area contributed by atoms with E-state index in [-0.39, 0.29) is 23.4 Å². The van der Waals surface area contributed by atoms with E-state index in [1.807, 2.05) is 19.1 Å². The lowest BCUT2D eigenvalue weighted by Gasteiger charge is -2.08. The van der Waals surface area contributed by atoms with Crippen molar-refractivity contribution in [2.75, 3.05) is 6.26 Å². The van der Waals surface area contributed by atoms with Gasteiger partial charge in [0.15, 0.2) is 9.84 Å². The van der Waals surface area contributed by atoms with Crippen LogP contribution in [-0.4, -0.2) is 30.6 Å². The molecule has 2 aromatic heterocycles. The largest absolute Gasteiger partial charge is 0.373 e. The van der Waals surface area contributed by atoms with Crippen molar-refractivity contribution in [2.24, 2.45) is 5.90 Å². The normalized spacial score (nSPS) is 11.5. The molecule has 0 amide bonds. The summed E-state index contributed by atoms with van der Waals surface area (Å²) in [5, 5.41) is 0.792. The average Bonchev–Trinajstić information content (AvgIpc) is 2.64. The molecular formula is C18H17N3O5S2. The number of fused-ring (bicyclic) bond motifs is 1. The van der Waals surface area contributed by atoms with E-state index in [1.165, 1.54) is 23.5 Å². The van der Waals surface area contributed by atoms with Gasteiger partial charge < -0.3 is 4.84 Å². The zero-order valence-corrected chi connectivity index (χ0v) is 16.8. The second-order valence-corrected chi connectivity index (χ2v) is 9.31. The highest BCUT2D eigenvalue weighted by molar-refractivity contribution is 7.90. The van der Waals surface area contributed by atoms with Crippen LogP contribution >= 0.6 is 11.3 Å². The molecule has 0 bridgehead atoms. The maximum atomic E-state index is 12.4. The lowest BCUT2D eigenvalue weighted by molar-refractivity contribution is -0.144. The smallest absolute Gasteiger partial charge is 0.324 e. The molecule has 146 valence electrons. The summed E-state index contributed by atoms with van der Waals surface area (Å²) in [7, 11) is -3.54. The highest BCUT2D eigenvalue weighted by Crippen LogP contribution is 2.27. The zero-order valence-electron chi connectivity index (χ0n) is 15.1. The number of carbonyl (C=O) groups is 1. The first-order valence-electron chi connectivity index (χ1n) is 8.20. The first-order valence-corrected chi connectivity index (χ1v) is 10.9. The highest BCUT2D eigenvalue weighted by atomic mass is 32.2. The Morgan fingerprint density at radius 3 is 2.64 bits per heavy atom. The second-order valence-electron chi connectivity index (χ2n) is 6.27. The van der Waals surface area contributed by atoms with Gasteiger partial charge in [-0.2, -0.15) is 10.9 Å². The fraction of sp³-hybridized carbons (Fsp3) is 0.222. The summed E-state index contributed by atoms with van der Waals surface area (Å²) < 4.78 is 24.9. The van der Waals surface area contributed by atoms with Crippen LogP contribution in [0.4, 0.5) is 0 Å². The number of aromatic nitrogens is 2. The molecule has 0 aliphatic carbocycles. The molecule has 0 radical (unpaired) electrons. The van der Waals surface area contributed by atoms with Crippen LogP contribution in [0.25, 0.3) is 20.8 Å². The summed E-state index contributed by atoms with van der Waals surface area (Å²) in [5.41, 5.74) is 1.18. The van der Waals surface area contributed by atoms with E-state index in [9.17, 15) is 18.0 Å². The first kappa shape index (κ1) is 20.1.